The van der Waals surface area contributed by atoms with E-state index in [1.165, 1.54) is 38.9 Å². The second kappa shape index (κ2) is 5.61. The minimum atomic E-state index is 0.730. The van der Waals surface area contributed by atoms with Crippen LogP contribution in [0.4, 0.5) is 0 Å². The van der Waals surface area contributed by atoms with Gasteiger partial charge >= 0.3 is 0 Å². The molecule has 1 N–H and O–H groups in total. The Hall–Kier alpha value is -0.0800. The van der Waals surface area contributed by atoms with Gasteiger partial charge in [-0.1, -0.05) is 27.2 Å². The van der Waals surface area contributed by atoms with Crippen molar-refractivity contribution >= 4 is 0 Å². The number of rotatable bonds is 4. The lowest BCUT2D eigenvalue weighted by Gasteiger charge is -2.39. The molecule has 2 nitrogen and oxygen atoms in total. The van der Waals surface area contributed by atoms with Gasteiger partial charge in [0.15, 0.2) is 0 Å². The van der Waals surface area contributed by atoms with E-state index in [0.717, 1.165) is 12.1 Å². The molecule has 2 heteroatoms. The summed E-state index contributed by atoms with van der Waals surface area (Å²) in [6.07, 6.45) is 3.91. The zero-order valence-electron chi connectivity index (χ0n) is 9.34. The lowest BCUT2D eigenvalue weighted by Crippen LogP contribution is -2.55. The molecule has 1 heterocycles. The van der Waals surface area contributed by atoms with Crippen LogP contribution < -0.4 is 5.32 Å². The number of nitrogens with zero attached hydrogens (tertiary/aromatic N) is 1. The summed E-state index contributed by atoms with van der Waals surface area (Å²) in [6, 6.07) is 1.52. The van der Waals surface area contributed by atoms with Crippen LogP contribution in [0.2, 0.25) is 0 Å². The number of hydrogen-bond acceptors (Lipinski definition) is 2. The van der Waals surface area contributed by atoms with Gasteiger partial charge in [-0.3, -0.25) is 4.90 Å². The Balaban J connectivity index is 2.40. The SMILES string of the molecule is CCCC1CNC(CC)CN1CC. The van der Waals surface area contributed by atoms with Crippen LogP contribution in [0.3, 0.4) is 0 Å². The lowest BCUT2D eigenvalue weighted by atomic mass is 10.0. The number of hydrogen-bond donors (Lipinski definition) is 1. The largest absolute Gasteiger partial charge is 0.311 e. The van der Waals surface area contributed by atoms with Gasteiger partial charge in [0.1, 0.15) is 0 Å². The molecule has 0 spiro atoms. The van der Waals surface area contributed by atoms with Crippen molar-refractivity contribution in [2.75, 3.05) is 19.6 Å². The quantitative estimate of drug-likeness (QED) is 0.717. The van der Waals surface area contributed by atoms with Gasteiger partial charge in [0.05, 0.1) is 0 Å². The summed E-state index contributed by atoms with van der Waals surface area (Å²) in [7, 11) is 0. The van der Waals surface area contributed by atoms with Crippen LogP contribution in [0, 0.1) is 0 Å². The summed E-state index contributed by atoms with van der Waals surface area (Å²) in [5.74, 6) is 0. The Bertz CT molecular complexity index is 136. The van der Waals surface area contributed by atoms with E-state index in [9.17, 15) is 0 Å². The Labute approximate surface area is 82.7 Å². The first-order chi connectivity index (χ1) is 6.31. The fraction of sp³-hybridized carbons (Fsp3) is 1.00. The first-order valence-corrected chi connectivity index (χ1v) is 5.79. The normalized spacial score (nSPS) is 30.7. The molecular weight excluding hydrogens is 160 g/mol. The molecular formula is C11H24N2. The maximum Gasteiger partial charge on any atom is 0.0221 e. The van der Waals surface area contributed by atoms with Crippen molar-refractivity contribution < 1.29 is 0 Å². The highest BCUT2D eigenvalue weighted by Crippen LogP contribution is 2.12. The van der Waals surface area contributed by atoms with Crippen LogP contribution in [0.1, 0.15) is 40.0 Å². The third kappa shape index (κ3) is 2.96. The van der Waals surface area contributed by atoms with Gasteiger partial charge in [-0.05, 0) is 19.4 Å². The van der Waals surface area contributed by atoms with Crippen LogP contribution in [0.25, 0.3) is 0 Å². The fourth-order valence-corrected chi connectivity index (χ4v) is 2.21. The van der Waals surface area contributed by atoms with Crippen LogP contribution >= 0.6 is 0 Å². The van der Waals surface area contributed by atoms with Crippen LogP contribution in [0.5, 0.6) is 0 Å². The molecule has 13 heavy (non-hydrogen) atoms. The van der Waals surface area contributed by atoms with Gasteiger partial charge in [-0.15, -0.1) is 0 Å². The third-order valence-electron chi connectivity index (χ3n) is 3.13. The summed E-state index contributed by atoms with van der Waals surface area (Å²) in [5, 5.41) is 3.63. The average Bonchev–Trinajstić information content (AvgIpc) is 2.19. The van der Waals surface area contributed by atoms with Gasteiger partial charge < -0.3 is 5.32 Å². The number of likely N-dealkylation sites (N-methyl/N-ethyl adjacent to an activating group) is 1. The van der Waals surface area contributed by atoms with Crippen molar-refractivity contribution in [3.8, 4) is 0 Å². The van der Waals surface area contributed by atoms with Crippen molar-refractivity contribution in [3.63, 3.8) is 0 Å². The van der Waals surface area contributed by atoms with Gasteiger partial charge in [-0.2, -0.15) is 0 Å². The van der Waals surface area contributed by atoms with E-state index in [1.54, 1.807) is 0 Å². The molecule has 78 valence electrons. The summed E-state index contributed by atoms with van der Waals surface area (Å²) in [4.78, 5) is 2.63. The summed E-state index contributed by atoms with van der Waals surface area (Å²) < 4.78 is 0. The smallest absolute Gasteiger partial charge is 0.0221 e. The predicted octanol–water partition coefficient (Wildman–Crippen LogP) is 1.86. The molecule has 2 atom stereocenters. The summed E-state index contributed by atoms with van der Waals surface area (Å²) >= 11 is 0. The zero-order chi connectivity index (χ0) is 9.68. The minimum Gasteiger partial charge on any atom is -0.311 e. The highest BCUT2D eigenvalue weighted by Gasteiger charge is 2.24. The van der Waals surface area contributed by atoms with Crippen molar-refractivity contribution in [1.82, 2.24) is 10.2 Å². The van der Waals surface area contributed by atoms with E-state index in [-0.39, 0.29) is 0 Å². The Morgan fingerprint density at radius 3 is 2.62 bits per heavy atom. The highest BCUT2D eigenvalue weighted by atomic mass is 15.2. The molecule has 1 aliphatic heterocycles. The summed E-state index contributed by atoms with van der Waals surface area (Å²) in [6.45, 7) is 10.5. The van der Waals surface area contributed by atoms with Crippen molar-refractivity contribution in [3.05, 3.63) is 0 Å². The van der Waals surface area contributed by atoms with Crippen molar-refractivity contribution in [2.45, 2.75) is 52.1 Å². The van der Waals surface area contributed by atoms with E-state index < -0.39 is 0 Å². The molecule has 1 saturated heterocycles. The van der Waals surface area contributed by atoms with E-state index in [1.807, 2.05) is 0 Å². The molecule has 0 aromatic carbocycles. The first kappa shape index (κ1) is 11.0. The van der Waals surface area contributed by atoms with E-state index in [0.29, 0.717) is 0 Å². The minimum absolute atomic E-state index is 0.730. The predicted molar refractivity (Wildman–Crippen MR) is 58.0 cm³/mol. The highest BCUT2D eigenvalue weighted by molar-refractivity contribution is 4.84. The second-order valence-corrected chi connectivity index (χ2v) is 4.04. The molecule has 0 radical (unpaired) electrons. The van der Waals surface area contributed by atoms with Crippen LogP contribution in [0.15, 0.2) is 0 Å². The molecule has 1 rings (SSSR count). The van der Waals surface area contributed by atoms with Crippen molar-refractivity contribution in [1.29, 1.82) is 0 Å². The number of nitrogens with one attached hydrogen (secondary N) is 1. The molecule has 1 aliphatic rings. The monoisotopic (exact) mass is 184 g/mol. The van der Waals surface area contributed by atoms with Gasteiger partial charge in [0.2, 0.25) is 0 Å². The maximum absolute atomic E-state index is 3.63. The average molecular weight is 184 g/mol. The molecule has 0 aromatic heterocycles. The Morgan fingerprint density at radius 1 is 1.31 bits per heavy atom. The lowest BCUT2D eigenvalue weighted by molar-refractivity contribution is 0.128. The molecule has 0 aliphatic carbocycles. The van der Waals surface area contributed by atoms with E-state index >= 15 is 0 Å². The fourth-order valence-electron chi connectivity index (χ4n) is 2.21. The second-order valence-electron chi connectivity index (χ2n) is 4.04. The summed E-state index contributed by atoms with van der Waals surface area (Å²) in [5.41, 5.74) is 0. The first-order valence-electron chi connectivity index (χ1n) is 5.79. The molecule has 0 saturated carbocycles. The van der Waals surface area contributed by atoms with Crippen LogP contribution in [-0.4, -0.2) is 36.6 Å². The molecule has 1 fully saturated rings. The van der Waals surface area contributed by atoms with Crippen molar-refractivity contribution in [2.24, 2.45) is 0 Å². The molecule has 0 aromatic rings. The topological polar surface area (TPSA) is 15.3 Å². The molecule has 0 amide bonds. The van der Waals surface area contributed by atoms with E-state index in [4.69, 9.17) is 0 Å². The maximum atomic E-state index is 3.63. The van der Waals surface area contributed by atoms with E-state index in [2.05, 4.69) is 31.0 Å². The Kier molecular flexibility index (Phi) is 4.74. The van der Waals surface area contributed by atoms with Gasteiger partial charge in [0.25, 0.3) is 0 Å². The van der Waals surface area contributed by atoms with Crippen LogP contribution in [-0.2, 0) is 0 Å². The Morgan fingerprint density at radius 2 is 2.08 bits per heavy atom. The molecule has 2 unspecified atom stereocenters. The number of piperazine rings is 1. The zero-order valence-corrected chi connectivity index (χ0v) is 9.34. The standard InChI is InChI=1S/C11H24N2/c1-4-7-11-8-12-10(5-2)9-13(11)6-3/h10-12H,4-9H2,1-3H3. The molecule has 0 bridgehead atoms. The third-order valence-corrected chi connectivity index (χ3v) is 3.13. The van der Waals surface area contributed by atoms with Gasteiger partial charge in [-0.25, -0.2) is 0 Å². The van der Waals surface area contributed by atoms with Gasteiger partial charge in [0, 0.05) is 25.2 Å².